The highest BCUT2D eigenvalue weighted by atomic mass is 16.2. The van der Waals surface area contributed by atoms with Gasteiger partial charge in [-0.2, -0.15) is 5.10 Å². The second kappa shape index (κ2) is 5.64. The van der Waals surface area contributed by atoms with E-state index in [2.05, 4.69) is 17.5 Å². The Balaban J connectivity index is 1.52. The molecular formula is C16H26N2O. The van der Waals surface area contributed by atoms with Crippen LogP contribution in [0.2, 0.25) is 0 Å². The third kappa shape index (κ3) is 2.85. The smallest absolute Gasteiger partial charge is 0.243 e. The summed E-state index contributed by atoms with van der Waals surface area (Å²) in [4.78, 5) is 12.1. The Morgan fingerprint density at radius 2 is 1.84 bits per heavy atom. The van der Waals surface area contributed by atoms with Crippen molar-refractivity contribution in [3.63, 3.8) is 0 Å². The summed E-state index contributed by atoms with van der Waals surface area (Å²) in [6, 6.07) is 0. The van der Waals surface area contributed by atoms with Gasteiger partial charge in [-0.3, -0.25) is 4.79 Å². The van der Waals surface area contributed by atoms with Gasteiger partial charge in [0.15, 0.2) is 0 Å². The Bertz CT molecular complexity index is 371. The van der Waals surface area contributed by atoms with Crippen molar-refractivity contribution < 1.29 is 4.79 Å². The molecule has 3 aliphatic carbocycles. The van der Waals surface area contributed by atoms with Gasteiger partial charge in [-0.1, -0.05) is 25.7 Å². The SMILES string of the molecule is C/C(=N/NC(=O)C1CCCCC1)[C@@H]1C[C@H]2CC[C@H]1C2. The minimum atomic E-state index is 0.155. The average molecular weight is 262 g/mol. The second-order valence-electron chi connectivity index (χ2n) is 6.85. The Hall–Kier alpha value is -0.860. The predicted octanol–water partition coefficient (Wildman–Crippen LogP) is 3.50. The van der Waals surface area contributed by atoms with E-state index in [1.165, 1.54) is 44.9 Å². The average Bonchev–Trinajstić information content (AvgIpc) is 3.08. The largest absolute Gasteiger partial charge is 0.273 e. The van der Waals surface area contributed by atoms with Gasteiger partial charge in [0.05, 0.1) is 0 Å². The van der Waals surface area contributed by atoms with Crippen LogP contribution in [-0.2, 0) is 4.79 Å². The lowest BCUT2D eigenvalue weighted by Crippen LogP contribution is -2.30. The first-order valence-electron chi connectivity index (χ1n) is 8.08. The van der Waals surface area contributed by atoms with Gasteiger partial charge in [0.25, 0.3) is 0 Å². The molecule has 106 valence electrons. The van der Waals surface area contributed by atoms with Crippen molar-refractivity contribution in [3.05, 3.63) is 0 Å². The maximum Gasteiger partial charge on any atom is 0.243 e. The van der Waals surface area contributed by atoms with E-state index in [-0.39, 0.29) is 11.8 Å². The fraction of sp³-hybridized carbons (Fsp3) is 0.875. The van der Waals surface area contributed by atoms with Crippen molar-refractivity contribution in [1.29, 1.82) is 0 Å². The van der Waals surface area contributed by atoms with E-state index in [1.54, 1.807) is 0 Å². The number of nitrogens with zero attached hydrogens (tertiary/aromatic N) is 1. The maximum absolute atomic E-state index is 12.1. The van der Waals surface area contributed by atoms with Gasteiger partial charge in [0, 0.05) is 17.5 Å². The monoisotopic (exact) mass is 262 g/mol. The molecule has 0 unspecified atom stereocenters. The van der Waals surface area contributed by atoms with Crippen molar-refractivity contribution in [1.82, 2.24) is 5.43 Å². The van der Waals surface area contributed by atoms with Crippen LogP contribution in [0, 0.1) is 23.7 Å². The molecular weight excluding hydrogens is 236 g/mol. The Morgan fingerprint density at radius 3 is 2.47 bits per heavy atom. The van der Waals surface area contributed by atoms with Crippen molar-refractivity contribution in [3.8, 4) is 0 Å². The summed E-state index contributed by atoms with van der Waals surface area (Å²) in [6.07, 6.45) is 11.3. The fourth-order valence-electron chi connectivity index (χ4n) is 4.44. The molecule has 3 rings (SSSR count). The number of carbonyl (C=O) groups excluding carboxylic acids is 1. The Morgan fingerprint density at radius 1 is 1.05 bits per heavy atom. The topological polar surface area (TPSA) is 41.5 Å². The number of hydrazone groups is 1. The third-order valence-electron chi connectivity index (χ3n) is 5.59. The van der Waals surface area contributed by atoms with Crippen LogP contribution in [-0.4, -0.2) is 11.6 Å². The lowest BCUT2D eigenvalue weighted by molar-refractivity contribution is -0.125. The van der Waals surface area contributed by atoms with E-state index >= 15 is 0 Å². The van der Waals surface area contributed by atoms with Crippen LogP contribution in [0.4, 0.5) is 0 Å². The molecule has 0 aromatic carbocycles. The molecule has 1 N–H and O–H groups in total. The Labute approximate surface area is 116 Å². The van der Waals surface area contributed by atoms with Crippen molar-refractivity contribution in [2.75, 3.05) is 0 Å². The summed E-state index contributed by atoms with van der Waals surface area (Å²) in [5.74, 6) is 2.80. The molecule has 19 heavy (non-hydrogen) atoms. The van der Waals surface area contributed by atoms with Crippen molar-refractivity contribution in [2.24, 2.45) is 28.8 Å². The fourth-order valence-corrected chi connectivity index (χ4v) is 4.44. The van der Waals surface area contributed by atoms with Gasteiger partial charge in [-0.25, -0.2) is 5.43 Å². The number of hydrogen-bond donors (Lipinski definition) is 1. The first-order chi connectivity index (χ1) is 9.24. The molecule has 3 fully saturated rings. The zero-order chi connectivity index (χ0) is 13.2. The zero-order valence-electron chi connectivity index (χ0n) is 12.0. The molecule has 0 heterocycles. The number of fused-ring (bicyclic) bond motifs is 2. The third-order valence-corrected chi connectivity index (χ3v) is 5.59. The first kappa shape index (κ1) is 13.1. The van der Waals surface area contributed by atoms with Crippen LogP contribution >= 0.6 is 0 Å². The lowest BCUT2D eigenvalue weighted by atomic mass is 9.86. The molecule has 1 amide bonds. The molecule has 3 nitrogen and oxygen atoms in total. The van der Waals surface area contributed by atoms with Crippen molar-refractivity contribution in [2.45, 2.75) is 64.7 Å². The number of nitrogens with one attached hydrogen (secondary N) is 1. The summed E-state index contributed by atoms with van der Waals surface area (Å²) in [5.41, 5.74) is 4.00. The van der Waals surface area contributed by atoms with Gasteiger partial charge >= 0.3 is 0 Å². The molecule has 3 saturated carbocycles. The Kier molecular flexibility index (Phi) is 3.90. The highest BCUT2D eigenvalue weighted by Gasteiger charge is 2.40. The zero-order valence-corrected chi connectivity index (χ0v) is 12.0. The van der Waals surface area contributed by atoms with Gasteiger partial charge in [-0.15, -0.1) is 0 Å². The van der Waals surface area contributed by atoms with Gasteiger partial charge in [0.1, 0.15) is 0 Å². The van der Waals surface area contributed by atoms with Gasteiger partial charge in [-0.05, 0) is 50.9 Å². The molecule has 2 bridgehead atoms. The molecule has 0 radical (unpaired) electrons. The van der Waals surface area contributed by atoms with Gasteiger partial charge in [0.2, 0.25) is 5.91 Å². The first-order valence-corrected chi connectivity index (χ1v) is 8.08. The quantitative estimate of drug-likeness (QED) is 0.614. The molecule has 0 saturated heterocycles. The van der Waals surface area contributed by atoms with E-state index in [4.69, 9.17) is 0 Å². The summed E-state index contributed by atoms with van der Waals surface area (Å²) in [5, 5.41) is 4.42. The van der Waals surface area contributed by atoms with E-state index in [9.17, 15) is 4.79 Å². The number of amides is 1. The molecule has 0 aromatic heterocycles. The normalized spacial score (nSPS) is 35.6. The number of carbonyl (C=O) groups is 1. The molecule has 0 aliphatic heterocycles. The summed E-state index contributed by atoms with van der Waals surface area (Å²) in [7, 11) is 0. The summed E-state index contributed by atoms with van der Waals surface area (Å²) < 4.78 is 0. The van der Waals surface area contributed by atoms with Crippen LogP contribution in [0.1, 0.15) is 64.7 Å². The van der Waals surface area contributed by atoms with Crippen LogP contribution in [0.5, 0.6) is 0 Å². The number of rotatable bonds is 3. The van der Waals surface area contributed by atoms with Gasteiger partial charge < -0.3 is 0 Å². The van der Waals surface area contributed by atoms with Crippen LogP contribution in [0.3, 0.4) is 0 Å². The standard InChI is InChI=1S/C16H26N2O/c1-11(15-10-12-7-8-14(15)9-12)17-18-16(19)13-5-3-2-4-6-13/h12-15H,2-10H2,1H3,(H,18,19)/b17-11-/t12-,14-,15-/m0/s1. The van der Waals surface area contributed by atoms with Crippen LogP contribution < -0.4 is 5.43 Å². The summed E-state index contributed by atoms with van der Waals surface area (Å²) in [6.45, 7) is 2.10. The van der Waals surface area contributed by atoms with E-state index < -0.39 is 0 Å². The van der Waals surface area contributed by atoms with Crippen molar-refractivity contribution >= 4 is 11.6 Å². The van der Waals surface area contributed by atoms with E-state index in [1.807, 2.05) is 0 Å². The molecule has 0 spiro atoms. The predicted molar refractivity (Wildman–Crippen MR) is 76.8 cm³/mol. The molecule has 3 atom stereocenters. The van der Waals surface area contributed by atoms with Crippen LogP contribution in [0.15, 0.2) is 5.10 Å². The highest BCUT2D eigenvalue weighted by Crippen LogP contribution is 2.48. The van der Waals surface area contributed by atoms with E-state index in [0.29, 0.717) is 5.92 Å². The molecule has 3 heteroatoms. The molecule has 3 aliphatic rings. The molecule has 0 aromatic rings. The number of hydrogen-bond acceptors (Lipinski definition) is 2. The lowest BCUT2D eigenvalue weighted by Gasteiger charge is -2.22. The second-order valence-corrected chi connectivity index (χ2v) is 6.85. The highest BCUT2D eigenvalue weighted by molar-refractivity contribution is 5.87. The van der Waals surface area contributed by atoms with Crippen LogP contribution in [0.25, 0.3) is 0 Å². The minimum absolute atomic E-state index is 0.155. The minimum Gasteiger partial charge on any atom is -0.273 e. The maximum atomic E-state index is 12.1. The van der Waals surface area contributed by atoms with E-state index in [0.717, 1.165) is 30.4 Å². The summed E-state index contributed by atoms with van der Waals surface area (Å²) >= 11 is 0.